The lowest BCUT2D eigenvalue weighted by Crippen LogP contribution is -2.12. The van der Waals surface area contributed by atoms with Gasteiger partial charge in [-0.1, -0.05) is 66.2 Å². The number of allylic oxidation sites excluding steroid dienone is 1. The first-order valence-corrected chi connectivity index (χ1v) is 9.87. The van der Waals surface area contributed by atoms with Crippen molar-refractivity contribution in [1.82, 2.24) is 0 Å². The maximum Gasteiger partial charge on any atom is 0.305 e. The third kappa shape index (κ3) is 5.89. The van der Waals surface area contributed by atoms with Gasteiger partial charge in [0.25, 0.3) is 0 Å². The van der Waals surface area contributed by atoms with E-state index < -0.39 is 0 Å². The van der Waals surface area contributed by atoms with Crippen LogP contribution in [0, 0.1) is 0 Å². The Balaban J connectivity index is 1.80. The lowest BCUT2D eigenvalue weighted by Gasteiger charge is -2.14. The van der Waals surface area contributed by atoms with E-state index >= 15 is 0 Å². The molecular formula is C24H23ClO4. The van der Waals surface area contributed by atoms with Crippen molar-refractivity contribution < 1.29 is 19.1 Å². The first-order chi connectivity index (χ1) is 14.1. The van der Waals surface area contributed by atoms with E-state index in [1.165, 1.54) is 7.11 Å². The molecule has 0 spiro atoms. The summed E-state index contributed by atoms with van der Waals surface area (Å²) in [6, 6.07) is 17.3. The summed E-state index contributed by atoms with van der Waals surface area (Å²) in [5, 5.41) is 0.668. The van der Waals surface area contributed by atoms with Gasteiger partial charge in [0.2, 0.25) is 0 Å². The minimum absolute atomic E-state index is 0.0164. The van der Waals surface area contributed by atoms with E-state index in [0.717, 1.165) is 16.7 Å². The number of benzene rings is 2. The molecule has 0 heterocycles. The van der Waals surface area contributed by atoms with Crippen molar-refractivity contribution >= 4 is 29.4 Å². The molecule has 5 heteroatoms. The van der Waals surface area contributed by atoms with Crippen LogP contribution in [0.4, 0.5) is 0 Å². The summed E-state index contributed by atoms with van der Waals surface area (Å²) < 4.78 is 10.8. The molecule has 0 saturated carbocycles. The van der Waals surface area contributed by atoms with E-state index in [9.17, 15) is 9.59 Å². The van der Waals surface area contributed by atoms with Crippen LogP contribution in [-0.4, -0.2) is 25.0 Å². The zero-order valence-corrected chi connectivity index (χ0v) is 17.0. The second kappa shape index (κ2) is 10.2. The Morgan fingerprint density at radius 1 is 1.10 bits per heavy atom. The molecule has 2 aromatic carbocycles. The van der Waals surface area contributed by atoms with Crippen molar-refractivity contribution in [3.05, 3.63) is 88.0 Å². The highest BCUT2D eigenvalue weighted by Gasteiger charge is 2.31. The Morgan fingerprint density at radius 3 is 2.52 bits per heavy atom. The molecule has 0 radical (unpaired) electrons. The van der Waals surface area contributed by atoms with Gasteiger partial charge in [-0.15, -0.1) is 0 Å². The van der Waals surface area contributed by atoms with Crippen molar-refractivity contribution in [3.8, 4) is 0 Å². The summed E-state index contributed by atoms with van der Waals surface area (Å²) in [6.45, 7) is 0.377. The van der Waals surface area contributed by atoms with Gasteiger partial charge in [-0.05, 0) is 35.3 Å². The smallest absolute Gasteiger partial charge is 0.305 e. The Kier molecular flexibility index (Phi) is 7.39. The number of Topliss-reactive ketones (excluding diaryl/α,β-unsaturated/α-hetero) is 1. The van der Waals surface area contributed by atoms with E-state index in [4.69, 9.17) is 21.1 Å². The zero-order chi connectivity index (χ0) is 20.6. The van der Waals surface area contributed by atoms with Gasteiger partial charge in [-0.3, -0.25) is 9.59 Å². The SMILES string of the molecule is COC(=O)CCC1=C(C=Cc2ccccc2)C(OCc2ccc(Cl)cc2)CC1=O. The van der Waals surface area contributed by atoms with Gasteiger partial charge in [-0.25, -0.2) is 0 Å². The molecule has 0 amide bonds. The molecule has 1 unspecified atom stereocenters. The average Bonchev–Trinajstić information content (AvgIpc) is 3.05. The van der Waals surface area contributed by atoms with Crippen LogP contribution < -0.4 is 0 Å². The van der Waals surface area contributed by atoms with Crippen LogP contribution in [0.1, 0.15) is 30.4 Å². The second-order valence-electron chi connectivity index (χ2n) is 6.81. The number of rotatable bonds is 8. The lowest BCUT2D eigenvalue weighted by atomic mass is 10.0. The number of methoxy groups -OCH3 is 1. The van der Waals surface area contributed by atoms with E-state index in [1.807, 2.05) is 66.7 Å². The molecule has 3 rings (SSSR count). The molecule has 2 aromatic rings. The summed E-state index contributed by atoms with van der Waals surface area (Å²) in [4.78, 5) is 24.2. The highest BCUT2D eigenvalue weighted by Crippen LogP contribution is 2.31. The molecule has 0 bridgehead atoms. The van der Waals surface area contributed by atoms with Gasteiger partial charge in [0.15, 0.2) is 5.78 Å². The average molecular weight is 411 g/mol. The summed E-state index contributed by atoms with van der Waals surface area (Å²) >= 11 is 5.93. The van der Waals surface area contributed by atoms with Crippen LogP contribution in [0.3, 0.4) is 0 Å². The van der Waals surface area contributed by atoms with Gasteiger partial charge < -0.3 is 9.47 Å². The number of hydrogen-bond acceptors (Lipinski definition) is 4. The molecular weight excluding hydrogens is 388 g/mol. The Hall–Kier alpha value is -2.69. The fourth-order valence-corrected chi connectivity index (χ4v) is 3.38. The molecule has 0 aliphatic heterocycles. The largest absolute Gasteiger partial charge is 0.469 e. The summed E-state index contributed by atoms with van der Waals surface area (Å²) in [7, 11) is 1.35. The van der Waals surface area contributed by atoms with Gasteiger partial charge in [-0.2, -0.15) is 0 Å². The Morgan fingerprint density at radius 2 is 1.83 bits per heavy atom. The van der Waals surface area contributed by atoms with Crippen molar-refractivity contribution in [1.29, 1.82) is 0 Å². The Labute approximate surface area is 175 Å². The van der Waals surface area contributed by atoms with Gasteiger partial charge in [0, 0.05) is 23.4 Å². The maximum atomic E-state index is 12.6. The second-order valence-corrected chi connectivity index (χ2v) is 7.24. The van der Waals surface area contributed by atoms with Gasteiger partial charge in [0.05, 0.1) is 19.8 Å². The first kappa shape index (κ1) is 21.0. The third-order valence-corrected chi connectivity index (χ3v) is 5.08. The predicted octanol–water partition coefficient (Wildman–Crippen LogP) is 5.16. The minimum atomic E-state index is -0.342. The number of ether oxygens (including phenoxy) is 2. The molecule has 1 atom stereocenters. The number of carbonyl (C=O) groups is 2. The molecule has 4 nitrogen and oxygen atoms in total. The number of esters is 1. The fourth-order valence-electron chi connectivity index (χ4n) is 3.25. The molecule has 1 aliphatic rings. The van der Waals surface area contributed by atoms with Crippen LogP contribution in [0.5, 0.6) is 0 Å². The van der Waals surface area contributed by atoms with Gasteiger partial charge in [0.1, 0.15) is 0 Å². The number of carbonyl (C=O) groups excluding carboxylic acids is 2. The first-order valence-electron chi connectivity index (χ1n) is 9.49. The highest BCUT2D eigenvalue weighted by molar-refractivity contribution is 6.30. The van der Waals surface area contributed by atoms with Gasteiger partial charge >= 0.3 is 5.97 Å². The normalized spacial score (nSPS) is 16.6. The van der Waals surface area contributed by atoms with Crippen molar-refractivity contribution in [2.45, 2.75) is 32.0 Å². The maximum absolute atomic E-state index is 12.6. The third-order valence-electron chi connectivity index (χ3n) is 4.83. The van der Waals surface area contributed by atoms with E-state index in [1.54, 1.807) is 0 Å². The quantitative estimate of drug-likeness (QED) is 0.564. The highest BCUT2D eigenvalue weighted by atomic mass is 35.5. The standard InChI is InChI=1S/C24H23ClO4/c1-28-24(27)14-13-20-21(12-9-17-5-3-2-4-6-17)23(15-22(20)26)29-16-18-7-10-19(25)11-8-18/h2-12,23H,13-16H2,1H3. The van der Waals surface area contributed by atoms with Crippen molar-refractivity contribution in [2.24, 2.45) is 0 Å². The predicted molar refractivity (Wildman–Crippen MR) is 113 cm³/mol. The van der Waals surface area contributed by atoms with Crippen LogP contribution in [-0.2, 0) is 25.7 Å². The summed E-state index contributed by atoms with van der Waals surface area (Å²) in [5.41, 5.74) is 3.49. The van der Waals surface area contributed by atoms with Crippen molar-refractivity contribution in [2.75, 3.05) is 7.11 Å². The summed E-state index contributed by atoms with van der Waals surface area (Å²) in [6.07, 6.45) is 4.35. The monoisotopic (exact) mass is 410 g/mol. The molecule has 0 saturated heterocycles. The molecule has 0 fully saturated rings. The van der Waals surface area contributed by atoms with Crippen LogP contribution in [0.15, 0.2) is 71.8 Å². The van der Waals surface area contributed by atoms with Crippen LogP contribution in [0.25, 0.3) is 6.08 Å². The van der Waals surface area contributed by atoms with Crippen molar-refractivity contribution in [3.63, 3.8) is 0 Å². The topological polar surface area (TPSA) is 52.6 Å². The molecule has 0 aromatic heterocycles. The van der Waals surface area contributed by atoms with Crippen LogP contribution >= 0.6 is 11.6 Å². The number of ketones is 1. The molecule has 150 valence electrons. The molecule has 1 aliphatic carbocycles. The minimum Gasteiger partial charge on any atom is -0.469 e. The van der Waals surface area contributed by atoms with Crippen LogP contribution in [0.2, 0.25) is 5.02 Å². The Bertz CT molecular complexity index is 914. The number of halogens is 1. The summed E-state index contributed by atoms with van der Waals surface area (Å²) in [5.74, 6) is -0.315. The number of hydrogen-bond donors (Lipinski definition) is 0. The van der Waals surface area contributed by atoms with E-state index in [-0.39, 0.29) is 30.7 Å². The molecule has 0 N–H and O–H groups in total. The molecule has 29 heavy (non-hydrogen) atoms. The zero-order valence-electron chi connectivity index (χ0n) is 16.3. The lowest BCUT2D eigenvalue weighted by molar-refractivity contribution is -0.140. The van der Waals surface area contributed by atoms with E-state index in [0.29, 0.717) is 23.6 Å². The fraction of sp³-hybridized carbons (Fsp3) is 0.250. The van der Waals surface area contributed by atoms with E-state index in [2.05, 4.69) is 0 Å².